The molecule has 25 heavy (non-hydrogen) atoms. The topological polar surface area (TPSA) is 117 Å². The molecule has 1 atom stereocenters. The van der Waals surface area contributed by atoms with Crippen molar-refractivity contribution in [2.24, 2.45) is 0 Å². The molecule has 1 saturated heterocycles. The minimum atomic E-state index is -1.25. The van der Waals surface area contributed by atoms with Crippen LogP contribution in [-0.2, 0) is 15.1 Å². The second-order valence-corrected chi connectivity index (χ2v) is 5.44. The normalized spacial score (nSPS) is 19.4. The zero-order valence-electron chi connectivity index (χ0n) is 14.2. The van der Waals surface area contributed by atoms with Gasteiger partial charge in [-0.15, -0.1) is 0 Å². The number of benzene rings is 1. The van der Waals surface area contributed by atoms with Gasteiger partial charge >= 0.3 is 12.1 Å². The summed E-state index contributed by atoms with van der Waals surface area (Å²) < 4.78 is 5.09. The number of hydrogen-bond acceptors (Lipinski definition) is 5. The Morgan fingerprint density at radius 1 is 1.24 bits per heavy atom. The van der Waals surface area contributed by atoms with Crippen LogP contribution in [0.2, 0.25) is 0 Å². The third kappa shape index (κ3) is 3.39. The second-order valence-electron chi connectivity index (χ2n) is 5.44. The highest BCUT2D eigenvalue weighted by Gasteiger charge is 2.51. The Balaban J connectivity index is 2.24. The smallest absolute Gasteiger partial charge is 0.325 e. The molecule has 0 saturated carbocycles. The molecule has 2 rings (SSSR count). The van der Waals surface area contributed by atoms with Crippen LogP contribution in [0.5, 0.6) is 5.75 Å². The molecule has 1 heterocycles. The lowest BCUT2D eigenvalue weighted by molar-refractivity contribution is -0.135. The predicted octanol–water partition coefficient (Wildman–Crippen LogP) is 0.308. The number of amides is 6. The Hall–Kier alpha value is -3.10. The monoisotopic (exact) mass is 348 g/mol. The molecule has 9 nitrogen and oxygen atoms in total. The van der Waals surface area contributed by atoms with Crippen LogP contribution in [0.1, 0.15) is 18.9 Å². The molecule has 1 aromatic carbocycles. The summed E-state index contributed by atoms with van der Waals surface area (Å²) in [6.07, 6.45) is 0.303. The maximum Gasteiger partial charge on any atom is 0.325 e. The van der Waals surface area contributed by atoms with E-state index in [4.69, 9.17) is 4.74 Å². The maximum absolute atomic E-state index is 12.8. The lowest BCUT2D eigenvalue weighted by Crippen LogP contribution is -2.46. The lowest BCUT2D eigenvalue weighted by atomic mass is 9.87. The number of imide groups is 2. The Kier molecular flexibility index (Phi) is 5.26. The largest absolute Gasteiger partial charge is 0.497 e. The molecule has 1 fully saturated rings. The molecule has 0 spiro atoms. The molecule has 0 radical (unpaired) electrons. The highest BCUT2D eigenvalue weighted by Crippen LogP contribution is 2.33. The molecule has 3 N–H and O–H groups in total. The summed E-state index contributed by atoms with van der Waals surface area (Å²) in [5.41, 5.74) is -0.667. The molecule has 0 bridgehead atoms. The first kappa shape index (κ1) is 18.2. The number of hydrogen-bond donors (Lipinski definition) is 3. The molecule has 9 heteroatoms. The number of urea groups is 2. The van der Waals surface area contributed by atoms with Crippen molar-refractivity contribution >= 4 is 23.9 Å². The summed E-state index contributed by atoms with van der Waals surface area (Å²) >= 11 is 0. The van der Waals surface area contributed by atoms with E-state index in [1.165, 1.54) is 14.2 Å². The molecule has 0 aliphatic carbocycles. The Bertz CT molecular complexity index is 703. The van der Waals surface area contributed by atoms with Gasteiger partial charge in [-0.25, -0.2) is 9.59 Å². The number of ether oxygens (including phenoxy) is 1. The maximum atomic E-state index is 12.8. The van der Waals surface area contributed by atoms with Crippen molar-refractivity contribution in [2.75, 3.05) is 20.7 Å². The fourth-order valence-corrected chi connectivity index (χ4v) is 2.66. The molecule has 1 aliphatic rings. The van der Waals surface area contributed by atoms with E-state index in [0.717, 1.165) is 4.90 Å². The molecule has 0 unspecified atom stereocenters. The van der Waals surface area contributed by atoms with E-state index in [-0.39, 0.29) is 0 Å². The summed E-state index contributed by atoms with van der Waals surface area (Å²) in [5, 5.41) is 6.90. The van der Waals surface area contributed by atoms with Gasteiger partial charge in [-0.2, -0.15) is 0 Å². The number of carbonyl (C=O) groups is 4. The standard InChI is InChI=1S/C16H20N4O5/c1-4-16(10-5-7-11(25-3)8-6-10)13(22)20(15(24)19-16)9-12(21)18-14(23)17-2/h5-8H,4,9H2,1-3H3,(H,19,24)(H2,17,18,21,23)/t16-/m0/s1. The molecule has 1 aromatic rings. The first-order valence-corrected chi connectivity index (χ1v) is 7.68. The summed E-state index contributed by atoms with van der Waals surface area (Å²) in [5.74, 6) is -0.685. The third-order valence-corrected chi connectivity index (χ3v) is 4.07. The number of nitrogens with zero attached hydrogens (tertiary/aromatic N) is 1. The van der Waals surface area contributed by atoms with E-state index in [2.05, 4.69) is 10.6 Å². The zero-order chi connectivity index (χ0) is 18.6. The first-order valence-electron chi connectivity index (χ1n) is 7.68. The van der Waals surface area contributed by atoms with Gasteiger partial charge in [0.25, 0.3) is 5.91 Å². The molecule has 6 amide bonds. The number of nitrogens with one attached hydrogen (secondary N) is 3. The highest BCUT2D eigenvalue weighted by molar-refractivity contribution is 6.10. The van der Waals surface area contributed by atoms with Crippen LogP contribution in [0.4, 0.5) is 9.59 Å². The van der Waals surface area contributed by atoms with Crippen LogP contribution in [0.25, 0.3) is 0 Å². The highest BCUT2D eigenvalue weighted by atomic mass is 16.5. The van der Waals surface area contributed by atoms with Gasteiger partial charge in [-0.3, -0.25) is 19.8 Å². The van der Waals surface area contributed by atoms with Gasteiger partial charge in [0.05, 0.1) is 7.11 Å². The number of methoxy groups -OCH3 is 1. The first-order chi connectivity index (χ1) is 11.9. The van der Waals surface area contributed by atoms with Crippen LogP contribution in [0.3, 0.4) is 0 Å². The minimum Gasteiger partial charge on any atom is -0.497 e. The third-order valence-electron chi connectivity index (χ3n) is 4.07. The average molecular weight is 348 g/mol. The van der Waals surface area contributed by atoms with Gasteiger partial charge < -0.3 is 15.4 Å². The van der Waals surface area contributed by atoms with Crippen molar-refractivity contribution < 1.29 is 23.9 Å². The van der Waals surface area contributed by atoms with Gasteiger partial charge in [-0.05, 0) is 24.1 Å². The van der Waals surface area contributed by atoms with E-state index >= 15 is 0 Å². The van der Waals surface area contributed by atoms with Gasteiger partial charge in [0.1, 0.15) is 17.8 Å². The van der Waals surface area contributed by atoms with Crippen LogP contribution in [0.15, 0.2) is 24.3 Å². The summed E-state index contributed by atoms with van der Waals surface area (Å²) in [6.45, 7) is 1.21. The molecular formula is C16H20N4O5. The quantitative estimate of drug-likeness (QED) is 0.662. The predicted molar refractivity (Wildman–Crippen MR) is 87.8 cm³/mol. The van der Waals surface area contributed by atoms with Crippen molar-refractivity contribution in [3.05, 3.63) is 29.8 Å². The minimum absolute atomic E-state index is 0.303. The van der Waals surface area contributed by atoms with Gasteiger partial charge in [-0.1, -0.05) is 19.1 Å². The van der Waals surface area contributed by atoms with Crippen molar-refractivity contribution in [2.45, 2.75) is 18.9 Å². The van der Waals surface area contributed by atoms with E-state index in [1.54, 1.807) is 31.2 Å². The van der Waals surface area contributed by atoms with E-state index in [0.29, 0.717) is 17.7 Å². The van der Waals surface area contributed by atoms with Crippen molar-refractivity contribution in [3.63, 3.8) is 0 Å². The van der Waals surface area contributed by atoms with Crippen LogP contribution in [0, 0.1) is 0 Å². The van der Waals surface area contributed by atoms with Gasteiger partial charge in [0, 0.05) is 7.05 Å². The summed E-state index contributed by atoms with van der Waals surface area (Å²) in [4.78, 5) is 48.9. The van der Waals surface area contributed by atoms with E-state index in [1.807, 2.05) is 5.32 Å². The SMILES string of the molecule is CC[C@@]1(c2ccc(OC)cc2)NC(=O)N(CC(=O)NC(=O)NC)C1=O. The fraction of sp³-hybridized carbons (Fsp3) is 0.375. The average Bonchev–Trinajstić information content (AvgIpc) is 2.86. The molecule has 1 aliphatic heterocycles. The van der Waals surface area contributed by atoms with Crippen molar-refractivity contribution in [3.8, 4) is 5.75 Å². The van der Waals surface area contributed by atoms with Crippen molar-refractivity contribution in [1.82, 2.24) is 20.9 Å². The Morgan fingerprint density at radius 3 is 2.40 bits per heavy atom. The summed E-state index contributed by atoms with van der Waals surface area (Å²) in [7, 11) is 2.88. The second kappa shape index (κ2) is 7.20. The Morgan fingerprint density at radius 2 is 1.88 bits per heavy atom. The van der Waals surface area contributed by atoms with Crippen LogP contribution in [-0.4, -0.2) is 49.5 Å². The molecular weight excluding hydrogens is 328 g/mol. The molecule has 0 aromatic heterocycles. The van der Waals surface area contributed by atoms with Crippen LogP contribution < -0.4 is 20.7 Å². The molecule has 134 valence electrons. The fourth-order valence-electron chi connectivity index (χ4n) is 2.66. The lowest BCUT2D eigenvalue weighted by Gasteiger charge is -2.25. The number of carbonyl (C=O) groups excluding carboxylic acids is 4. The van der Waals surface area contributed by atoms with Gasteiger partial charge in [0.2, 0.25) is 5.91 Å². The van der Waals surface area contributed by atoms with Crippen molar-refractivity contribution in [1.29, 1.82) is 0 Å². The zero-order valence-corrected chi connectivity index (χ0v) is 14.2. The van der Waals surface area contributed by atoms with E-state index < -0.39 is 36.0 Å². The van der Waals surface area contributed by atoms with E-state index in [9.17, 15) is 19.2 Å². The van der Waals surface area contributed by atoms with Gasteiger partial charge in [0.15, 0.2) is 0 Å². The summed E-state index contributed by atoms with van der Waals surface area (Å²) in [6, 6.07) is 5.35. The Labute approximate surface area is 144 Å². The number of rotatable bonds is 5. The van der Waals surface area contributed by atoms with Crippen LogP contribution >= 0.6 is 0 Å².